The Balaban J connectivity index is 2.34. The highest BCUT2D eigenvalue weighted by Gasteiger charge is 2.09. The number of hydrogen-bond donors (Lipinski definition) is 0. The molecule has 0 N–H and O–H groups in total. The third kappa shape index (κ3) is 4.65. The highest BCUT2D eigenvalue weighted by Crippen LogP contribution is 2.12. The van der Waals surface area contributed by atoms with Crippen LogP contribution in [0, 0.1) is 29.1 Å². The van der Waals surface area contributed by atoms with Crippen molar-refractivity contribution in [3.05, 3.63) is 71.3 Å². The second kappa shape index (κ2) is 6.79. The van der Waals surface area contributed by atoms with Crippen LogP contribution in [0.5, 0.6) is 0 Å². The largest absolute Gasteiger partial charge is 0.279 e. The first-order chi connectivity index (χ1) is 10.5. The monoisotopic (exact) mass is 286 g/mol. The van der Waals surface area contributed by atoms with Crippen molar-refractivity contribution in [2.24, 2.45) is 5.41 Å². The molecule has 0 aliphatic carbocycles. The lowest BCUT2D eigenvalue weighted by atomic mass is 9.96. The molecule has 2 rings (SSSR count). The molecule has 1 heteroatoms. The highest BCUT2D eigenvalue weighted by molar-refractivity contribution is 6.10. The van der Waals surface area contributed by atoms with E-state index in [9.17, 15) is 4.79 Å². The van der Waals surface area contributed by atoms with Gasteiger partial charge in [-0.05, 0) is 51.0 Å². The summed E-state index contributed by atoms with van der Waals surface area (Å²) < 4.78 is 0. The van der Waals surface area contributed by atoms with Crippen LogP contribution in [0.4, 0.5) is 0 Å². The van der Waals surface area contributed by atoms with E-state index >= 15 is 0 Å². The molecule has 0 atom stereocenters. The normalized spacial score (nSPS) is 9.95. The van der Waals surface area contributed by atoms with Crippen LogP contribution in [0.15, 0.2) is 54.6 Å². The topological polar surface area (TPSA) is 17.1 Å². The van der Waals surface area contributed by atoms with Crippen LogP contribution < -0.4 is 0 Å². The molecule has 0 unspecified atom stereocenters. The quantitative estimate of drug-likeness (QED) is 0.433. The van der Waals surface area contributed by atoms with Crippen molar-refractivity contribution in [2.75, 3.05) is 0 Å². The number of carbonyl (C=O) groups excluding carboxylic acids is 1. The minimum Gasteiger partial charge on any atom is -0.279 e. The van der Waals surface area contributed by atoms with Crippen molar-refractivity contribution in [3.63, 3.8) is 0 Å². The van der Waals surface area contributed by atoms with Crippen LogP contribution in [0.1, 0.15) is 42.3 Å². The van der Waals surface area contributed by atoms with Gasteiger partial charge in [-0.2, -0.15) is 0 Å². The van der Waals surface area contributed by atoms with Gasteiger partial charge in [-0.1, -0.05) is 48.1 Å². The van der Waals surface area contributed by atoms with E-state index in [-0.39, 0.29) is 11.2 Å². The van der Waals surface area contributed by atoms with Gasteiger partial charge >= 0.3 is 0 Å². The summed E-state index contributed by atoms with van der Waals surface area (Å²) >= 11 is 0. The van der Waals surface area contributed by atoms with E-state index in [0.29, 0.717) is 11.1 Å². The summed E-state index contributed by atoms with van der Waals surface area (Å²) in [6.07, 6.45) is 0. The standard InChI is InChI=1S/C21H18O/c1-21(2,3)16-15-20(22)19-12-8-7-11-18(19)14-13-17-9-5-4-6-10-17/h4-12H,1-3H3. The number of hydrogen-bond acceptors (Lipinski definition) is 1. The van der Waals surface area contributed by atoms with Gasteiger partial charge in [-0.15, -0.1) is 0 Å². The summed E-state index contributed by atoms with van der Waals surface area (Å²) in [5.74, 6) is 11.7. The van der Waals surface area contributed by atoms with Crippen LogP contribution in [0.3, 0.4) is 0 Å². The third-order valence-electron chi connectivity index (χ3n) is 2.84. The van der Waals surface area contributed by atoms with Crippen molar-refractivity contribution >= 4 is 5.78 Å². The molecule has 0 heterocycles. The molecule has 2 aromatic rings. The number of ketones is 1. The lowest BCUT2D eigenvalue weighted by Crippen LogP contribution is -2.03. The number of carbonyl (C=O) groups is 1. The zero-order valence-corrected chi connectivity index (χ0v) is 13.1. The Morgan fingerprint density at radius 3 is 2.18 bits per heavy atom. The number of benzene rings is 2. The van der Waals surface area contributed by atoms with Crippen LogP contribution >= 0.6 is 0 Å². The van der Waals surface area contributed by atoms with E-state index in [4.69, 9.17) is 0 Å². The highest BCUT2D eigenvalue weighted by atomic mass is 16.1. The molecule has 0 spiro atoms. The van der Waals surface area contributed by atoms with Crippen LogP contribution in [-0.4, -0.2) is 5.78 Å². The predicted octanol–water partition coefficient (Wildman–Crippen LogP) is 4.32. The SMILES string of the molecule is CC(C)(C)C#CC(=O)c1ccccc1C#Cc1ccccc1. The van der Waals surface area contributed by atoms with Gasteiger partial charge in [0.15, 0.2) is 0 Å². The molecule has 2 aromatic carbocycles. The maximum atomic E-state index is 12.3. The summed E-state index contributed by atoms with van der Waals surface area (Å²) in [6, 6.07) is 17.0. The molecule has 0 amide bonds. The van der Waals surface area contributed by atoms with Gasteiger partial charge in [0, 0.05) is 22.1 Å². The molecule has 0 saturated heterocycles. The first kappa shape index (κ1) is 15.6. The molecule has 22 heavy (non-hydrogen) atoms. The Kier molecular flexibility index (Phi) is 4.82. The molecule has 0 aromatic heterocycles. The summed E-state index contributed by atoms with van der Waals surface area (Å²) in [4.78, 5) is 12.3. The van der Waals surface area contributed by atoms with E-state index < -0.39 is 0 Å². The van der Waals surface area contributed by atoms with Gasteiger partial charge in [0.05, 0.1) is 0 Å². The Morgan fingerprint density at radius 1 is 0.864 bits per heavy atom. The molecule has 0 bridgehead atoms. The van der Waals surface area contributed by atoms with Crippen LogP contribution in [0.25, 0.3) is 0 Å². The molecule has 108 valence electrons. The molecule has 0 aliphatic heterocycles. The van der Waals surface area contributed by atoms with E-state index in [1.54, 1.807) is 6.07 Å². The molecule has 0 saturated carbocycles. The maximum Gasteiger partial charge on any atom is 0.237 e. The fraction of sp³-hybridized carbons (Fsp3) is 0.190. The van der Waals surface area contributed by atoms with E-state index in [1.165, 1.54) is 0 Å². The fourth-order valence-electron chi connectivity index (χ4n) is 1.76. The smallest absolute Gasteiger partial charge is 0.237 e. The Morgan fingerprint density at radius 2 is 1.50 bits per heavy atom. The average Bonchev–Trinajstić information content (AvgIpc) is 2.51. The minimum absolute atomic E-state index is 0.187. The van der Waals surface area contributed by atoms with Gasteiger partial charge in [0.25, 0.3) is 0 Å². The molecular weight excluding hydrogens is 268 g/mol. The van der Waals surface area contributed by atoms with Crippen molar-refractivity contribution < 1.29 is 4.79 Å². The number of Topliss-reactive ketones (excluding diaryl/α,β-unsaturated/α-hetero) is 1. The van der Waals surface area contributed by atoms with Gasteiger partial charge in [-0.25, -0.2) is 0 Å². The zero-order chi connectivity index (χ0) is 16.0. The van der Waals surface area contributed by atoms with Crippen LogP contribution in [0.2, 0.25) is 0 Å². The Hall–Kier alpha value is -2.77. The van der Waals surface area contributed by atoms with E-state index in [0.717, 1.165) is 5.56 Å². The summed E-state index contributed by atoms with van der Waals surface area (Å²) in [7, 11) is 0. The zero-order valence-electron chi connectivity index (χ0n) is 13.1. The van der Waals surface area contributed by atoms with Gasteiger partial charge in [0.2, 0.25) is 5.78 Å². The summed E-state index contributed by atoms with van der Waals surface area (Å²) in [5, 5.41) is 0. The first-order valence-corrected chi connectivity index (χ1v) is 7.19. The molecule has 0 aliphatic rings. The van der Waals surface area contributed by atoms with Gasteiger partial charge in [-0.3, -0.25) is 4.79 Å². The second-order valence-corrected chi connectivity index (χ2v) is 5.99. The van der Waals surface area contributed by atoms with Gasteiger partial charge < -0.3 is 0 Å². The van der Waals surface area contributed by atoms with Crippen molar-refractivity contribution in [1.29, 1.82) is 0 Å². The van der Waals surface area contributed by atoms with E-state index in [1.807, 2.05) is 69.3 Å². The summed E-state index contributed by atoms with van der Waals surface area (Å²) in [6.45, 7) is 5.94. The van der Waals surface area contributed by atoms with Crippen molar-refractivity contribution in [1.82, 2.24) is 0 Å². The van der Waals surface area contributed by atoms with Crippen LogP contribution in [-0.2, 0) is 0 Å². The predicted molar refractivity (Wildman–Crippen MR) is 90.4 cm³/mol. The average molecular weight is 286 g/mol. The first-order valence-electron chi connectivity index (χ1n) is 7.19. The lowest BCUT2D eigenvalue weighted by Gasteiger charge is -2.06. The summed E-state index contributed by atoms with van der Waals surface area (Å²) in [5.41, 5.74) is 1.99. The molecule has 0 fully saturated rings. The van der Waals surface area contributed by atoms with Crippen molar-refractivity contribution in [3.8, 4) is 23.7 Å². The Bertz CT molecular complexity index is 785. The number of rotatable bonds is 1. The van der Waals surface area contributed by atoms with Crippen molar-refractivity contribution in [2.45, 2.75) is 20.8 Å². The Labute approximate surface area is 132 Å². The fourth-order valence-corrected chi connectivity index (χ4v) is 1.76. The second-order valence-electron chi connectivity index (χ2n) is 5.99. The molecular formula is C21H18O. The third-order valence-corrected chi connectivity index (χ3v) is 2.84. The van der Waals surface area contributed by atoms with E-state index in [2.05, 4.69) is 23.7 Å². The minimum atomic E-state index is -0.194. The van der Waals surface area contributed by atoms with Gasteiger partial charge in [0.1, 0.15) is 0 Å². The molecule has 0 radical (unpaired) electrons. The molecule has 1 nitrogen and oxygen atoms in total. The lowest BCUT2D eigenvalue weighted by molar-refractivity contribution is 0.105. The maximum absolute atomic E-state index is 12.3.